The first-order valence-electron chi connectivity index (χ1n) is 10.7. The Morgan fingerprint density at radius 3 is 2.56 bits per heavy atom. The summed E-state index contributed by atoms with van der Waals surface area (Å²) in [7, 11) is 3.23. The van der Waals surface area contributed by atoms with Crippen molar-refractivity contribution in [1.82, 2.24) is 15.0 Å². The van der Waals surface area contributed by atoms with Gasteiger partial charge in [-0.05, 0) is 41.6 Å². The van der Waals surface area contributed by atoms with Gasteiger partial charge >= 0.3 is 6.01 Å². The van der Waals surface area contributed by atoms with Crippen LogP contribution in [-0.2, 0) is 13.0 Å². The lowest BCUT2D eigenvalue weighted by atomic mass is 10.1. The molecule has 9 heteroatoms. The van der Waals surface area contributed by atoms with E-state index in [0.717, 1.165) is 16.7 Å². The van der Waals surface area contributed by atoms with Crippen LogP contribution in [0, 0.1) is 6.92 Å². The van der Waals surface area contributed by atoms with Gasteiger partial charge in [-0.2, -0.15) is 31.4 Å². The minimum atomic E-state index is 0.209. The maximum absolute atomic E-state index is 5.87. The lowest BCUT2D eigenvalue weighted by Gasteiger charge is -2.10. The van der Waals surface area contributed by atoms with Gasteiger partial charge in [0.25, 0.3) is 5.95 Å². The van der Waals surface area contributed by atoms with Crippen LogP contribution in [0.3, 0.4) is 0 Å². The number of rotatable bonds is 10. The van der Waals surface area contributed by atoms with Gasteiger partial charge in [-0.3, -0.25) is 0 Å². The van der Waals surface area contributed by atoms with Gasteiger partial charge in [0, 0.05) is 17.4 Å². The minimum absolute atomic E-state index is 0.209. The van der Waals surface area contributed by atoms with Crippen molar-refractivity contribution in [2.45, 2.75) is 19.9 Å². The van der Waals surface area contributed by atoms with Gasteiger partial charge in [0.15, 0.2) is 17.3 Å². The number of benzene rings is 2. The Bertz CT molecular complexity index is 1260. The second kappa shape index (κ2) is 11.3. The third-order valence-electron chi connectivity index (χ3n) is 4.95. The van der Waals surface area contributed by atoms with Gasteiger partial charge in [0.05, 0.1) is 27.4 Å². The van der Waals surface area contributed by atoms with Crippen LogP contribution >= 0.6 is 11.3 Å². The smallest absolute Gasteiger partial charge is 0.321 e. The highest BCUT2D eigenvalue weighted by Gasteiger charge is 2.11. The zero-order valence-corrected chi connectivity index (χ0v) is 20.1. The van der Waals surface area contributed by atoms with E-state index in [9.17, 15) is 0 Å². The lowest BCUT2D eigenvalue weighted by molar-refractivity contribution is 0.295. The summed E-state index contributed by atoms with van der Waals surface area (Å²) in [4.78, 5) is 13.2. The molecule has 0 fully saturated rings. The van der Waals surface area contributed by atoms with Crippen LogP contribution < -0.4 is 14.2 Å². The van der Waals surface area contributed by atoms with Gasteiger partial charge in [-0.15, -0.1) is 5.11 Å². The van der Waals surface area contributed by atoms with Gasteiger partial charge in [0.2, 0.25) is 0 Å². The van der Waals surface area contributed by atoms with Gasteiger partial charge < -0.3 is 14.2 Å². The van der Waals surface area contributed by atoms with Crippen molar-refractivity contribution in [1.29, 1.82) is 0 Å². The molecule has 2 aromatic carbocycles. The zero-order chi connectivity index (χ0) is 23.8. The van der Waals surface area contributed by atoms with Crippen LogP contribution in [0.15, 0.2) is 69.5 Å². The largest absolute Gasteiger partial charge is 0.493 e. The summed E-state index contributed by atoms with van der Waals surface area (Å²) in [6.45, 7) is 2.87. The number of ether oxygens (including phenoxy) is 3. The van der Waals surface area contributed by atoms with Crippen LogP contribution in [-0.4, -0.2) is 35.8 Å². The number of hydrogen-bond donors (Lipinski definition) is 0. The quantitative estimate of drug-likeness (QED) is 0.268. The fourth-order valence-corrected chi connectivity index (χ4v) is 3.90. The summed E-state index contributed by atoms with van der Waals surface area (Å²) in [5, 5.41) is 12.4. The van der Waals surface area contributed by atoms with Gasteiger partial charge in [-0.1, -0.05) is 35.9 Å². The molecule has 4 aromatic rings. The van der Waals surface area contributed by atoms with E-state index in [1.54, 1.807) is 25.6 Å². The number of hydrogen-bond acceptors (Lipinski definition) is 9. The Balaban J connectivity index is 1.48. The molecular formula is C25H25N5O3S. The van der Waals surface area contributed by atoms with E-state index in [0.29, 0.717) is 36.9 Å². The third-order valence-corrected chi connectivity index (χ3v) is 5.63. The molecule has 2 heterocycles. The fourth-order valence-electron chi connectivity index (χ4n) is 3.26. The molecule has 0 amide bonds. The molecule has 0 saturated heterocycles. The van der Waals surface area contributed by atoms with E-state index in [1.165, 1.54) is 5.56 Å². The van der Waals surface area contributed by atoms with Crippen LogP contribution in [0.25, 0.3) is 11.4 Å². The second-order valence-corrected chi connectivity index (χ2v) is 8.21. The molecule has 0 spiro atoms. The van der Waals surface area contributed by atoms with Crippen molar-refractivity contribution in [3.63, 3.8) is 0 Å². The predicted octanol–water partition coefficient (Wildman–Crippen LogP) is 5.83. The summed E-state index contributed by atoms with van der Waals surface area (Å²) in [6, 6.07) is 16.1. The van der Waals surface area contributed by atoms with Crippen molar-refractivity contribution in [2.24, 2.45) is 10.2 Å². The first kappa shape index (κ1) is 23.3. The zero-order valence-electron chi connectivity index (χ0n) is 19.3. The van der Waals surface area contributed by atoms with Gasteiger partial charge in [-0.25, -0.2) is 0 Å². The van der Waals surface area contributed by atoms with Crippen molar-refractivity contribution in [3.8, 4) is 28.9 Å². The molecule has 0 aliphatic heterocycles. The highest BCUT2D eigenvalue weighted by atomic mass is 32.1. The van der Waals surface area contributed by atoms with Gasteiger partial charge in [0.1, 0.15) is 0 Å². The van der Waals surface area contributed by atoms with Crippen LogP contribution in [0.4, 0.5) is 5.95 Å². The molecule has 2 aromatic heterocycles. The lowest BCUT2D eigenvalue weighted by Crippen LogP contribution is -2.06. The molecule has 0 bridgehead atoms. The van der Waals surface area contributed by atoms with E-state index in [-0.39, 0.29) is 12.0 Å². The molecule has 0 aliphatic carbocycles. The number of nitrogens with zero attached hydrogens (tertiary/aromatic N) is 5. The molecule has 0 aliphatic rings. The summed E-state index contributed by atoms with van der Waals surface area (Å²) in [5.74, 6) is 2.08. The summed E-state index contributed by atoms with van der Waals surface area (Å²) >= 11 is 1.57. The van der Waals surface area contributed by atoms with Crippen molar-refractivity contribution >= 4 is 17.3 Å². The molecule has 174 valence electrons. The molecule has 34 heavy (non-hydrogen) atoms. The Labute approximate surface area is 202 Å². The van der Waals surface area contributed by atoms with E-state index < -0.39 is 0 Å². The maximum Gasteiger partial charge on any atom is 0.321 e. The fraction of sp³-hybridized carbons (Fsp3) is 0.240. The Hall–Kier alpha value is -3.85. The van der Waals surface area contributed by atoms with E-state index in [2.05, 4.69) is 31.2 Å². The molecule has 0 radical (unpaired) electrons. The van der Waals surface area contributed by atoms with Crippen LogP contribution in [0.5, 0.6) is 17.5 Å². The standard InChI is InChI=1S/C25H25N5O3S/c1-17-5-4-6-19(13-17)15-26-30-24-27-23(20-10-12-34-16-20)28-25(29-24)33-11-9-18-7-8-21(31-2)22(14-18)32-3/h4-8,10,12-14,16H,9,11,15H2,1-3H3. The highest BCUT2D eigenvalue weighted by Crippen LogP contribution is 2.28. The average molecular weight is 476 g/mol. The summed E-state index contributed by atoms with van der Waals surface area (Å²) in [5.41, 5.74) is 4.18. The first-order chi connectivity index (χ1) is 16.6. The van der Waals surface area contributed by atoms with Crippen LogP contribution in [0.2, 0.25) is 0 Å². The topological polar surface area (TPSA) is 91.1 Å². The maximum atomic E-state index is 5.87. The highest BCUT2D eigenvalue weighted by molar-refractivity contribution is 7.08. The number of aromatic nitrogens is 3. The van der Waals surface area contributed by atoms with Crippen LogP contribution in [0.1, 0.15) is 16.7 Å². The average Bonchev–Trinajstić information content (AvgIpc) is 3.39. The van der Waals surface area contributed by atoms with E-state index >= 15 is 0 Å². The molecule has 0 N–H and O–H groups in total. The SMILES string of the molecule is COc1ccc(CCOc2nc(N=NCc3cccc(C)c3)nc(-c3ccsc3)n2)cc1OC. The molecule has 0 atom stereocenters. The molecule has 0 saturated carbocycles. The Morgan fingerprint density at radius 2 is 1.79 bits per heavy atom. The first-order valence-corrected chi connectivity index (χ1v) is 11.6. The third kappa shape index (κ3) is 6.14. The van der Waals surface area contributed by atoms with E-state index in [4.69, 9.17) is 14.2 Å². The predicted molar refractivity (Wildman–Crippen MR) is 131 cm³/mol. The molecular weight excluding hydrogens is 450 g/mol. The Morgan fingerprint density at radius 1 is 0.912 bits per heavy atom. The molecule has 0 unspecified atom stereocenters. The normalized spacial score (nSPS) is 11.0. The second-order valence-electron chi connectivity index (χ2n) is 7.43. The monoisotopic (exact) mass is 475 g/mol. The Kier molecular flexibility index (Phi) is 7.77. The number of azo groups is 1. The summed E-state index contributed by atoms with van der Waals surface area (Å²) in [6.07, 6.45) is 0.643. The summed E-state index contributed by atoms with van der Waals surface area (Å²) < 4.78 is 16.5. The van der Waals surface area contributed by atoms with Crippen molar-refractivity contribution < 1.29 is 14.2 Å². The van der Waals surface area contributed by atoms with Crippen molar-refractivity contribution in [3.05, 3.63) is 76.0 Å². The minimum Gasteiger partial charge on any atom is -0.493 e. The van der Waals surface area contributed by atoms with E-state index in [1.807, 2.05) is 60.1 Å². The van der Waals surface area contributed by atoms with Crippen molar-refractivity contribution in [2.75, 3.05) is 20.8 Å². The number of aryl methyl sites for hydroxylation is 1. The molecule has 4 rings (SSSR count). The molecule has 8 nitrogen and oxygen atoms in total. The number of thiophene rings is 1. The number of methoxy groups -OCH3 is 2.